The topological polar surface area (TPSA) is 97.1 Å². The quantitative estimate of drug-likeness (QED) is 0.732. The third-order valence-corrected chi connectivity index (χ3v) is 4.17. The van der Waals surface area contributed by atoms with Crippen molar-refractivity contribution in [2.45, 2.75) is 20.4 Å². The van der Waals surface area contributed by atoms with Crippen molar-refractivity contribution in [1.82, 2.24) is 14.7 Å². The second-order valence-corrected chi connectivity index (χ2v) is 6.10. The van der Waals surface area contributed by atoms with Gasteiger partial charge in [-0.05, 0) is 42.7 Å². The fourth-order valence-corrected chi connectivity index (χ4v) is 3.00. The van der Waals surface area contributed by atoms with Gasteiger partial charge in [0, 0.05) is 13.1 Å². The first-order chi connectivity index (χ1) is 12.0. The number of furan rings is 1. The molecule has 0 spiro atoms. The van der Waals surface area contributed by atoms with Gasteiger partial charge in [-0.25, -0.2) is 0 Å². The van der Waals surface area contributed by atoms with Gasteiger partial charge in [-0.1, -0.05) is 6.07 Å². The van der Waals surface area contributed by atoms with Crippen LogP contribution in [0.25, 0.3) is 11.4 Å². The van der Waals surface area contributed by atoms with Crippen LogP contribution in [0.5, 0.6) is 0 Å². The summed E-state index contributed by atoms with van der Waals surface area (Å²) in [5.41, 5.74) is 1.42. The molecule has 2 N–H and O–H groups in total. The second-order valence-electron chi connectivity index (χ2n) is 5.33. The number of carbonyl (C=O) groups excluding carboxylic acids is 2. The number of carbonyl (C=O) groups is 2. The van der Waals surface area contributed by atoms with Gasteiger partial charge in [0.15, 0.2) is 0 Å². The van der Waals surface area contributed by atoms with Crippen LogP contribution in [0.15, 0.2) is 40.9 Å². The van der Waals surface area contributed by atoms with E-state index in [0.29, 0.717) is 27.7 Å². The van der Waals surface area contributed by atoms with E-state index in [-0.39, 0.29) is 18.4 Å². The Morgan fingerprint density at radius 1 is 1.24 bits per heavy atom. The molecule has 0 saturated carbocycles. The largest absolute Gasteiger partial charge is 0.465 e. The SMILES string of the molecule is CC(=O)Nc1c(-c2ccccn2)nsc1C(=O)NCc1ccc(C)o1. The Labute approximate surface area is 148 Å². The summed E-state index contributed by atoms with van der Waals surface area (Å²) in [5.74, 6) is 0.811. The molecular formula is C17H16N4O3S. The van der Waals surface area contributed by atoms with Crippen LogP contribution in [-0.4, -0.2) is 21.2 Å². The van der Waals surface area contributed by atoms with Gasteiger partial charge < -0.3 is 15.1 Å². The van der Waals surface area contributed by atoms with Gasteiger partial charge in [0.1, 0.15) is 22.1 Å². The fraction of sp³-hybridized carbons (Fsp3) is 0.176. The highest BCUT2D eigenvalue weighted by molar-refractivity contribution is 7.09. The number of hydrogen-bond donors (Lipinski definition) is 2. The lowest BCUT2D eigenvalue weighted by atomic mass is 10.2. The molecule has 8 heteroatoms. The molecule has 0 bridgehead atoms. The van der Waals surface area contributed by atoms with E-state index in [1.807, 2.05) is 19.1 Å². The Morgan fingerprint density at radius 3 is 2.72 bits per heavy atom. The van der Waals surface area contributed by atoms with E-state index in [1.165, 1.54) is 6.92 Å². The van der Waals surface area contributed by atoms with Crippen molar-refractivity contribution in [3.05, 3.63) is 52.9 Å². The van der Waals surface area contributed by atoms with E-state index in [4.69, 9.17) is 4.42 Å². The lowest BCUT2D eigenvalue weighted by Crippen LogP contribution is -2.23. The number of anilines is 1. The van der Waals surface area contributed by atoms with Crippen LogP contribution in [0.4, 0.5) is 5.69 Å². The third kappa shape index (κ3) is 3.92. The summed E-state index contributed by atoms with van der Waals surface area (Å²) in [6.45, 7) is 3.47. The Morgan fingerprint density at radius 2 is 2.08 bits per heavy atom. The minimum atomic E-state index is -0.336. The first kappa shape index (κ1) is 16.8. The predicted octanol–water partition coefficient (Wildman–Crippen LogP) is 2.99. The van der Waals surface area contributed by atoms with E-state index in [9.17, 15) is 9.59 Å². The number of nitrogens with zero attached hydrogens (tertiary/aromatic N) is 2. The average molecular weight is 356 g/mol. The molecule has 0 atom stereocenters. The normalized spacial score (nSPS) is 10.5. The van der Waals surface area contributed by atoms with Crippen LogP contribution in [0.1, 0.15) is 28.1 Å². The van der Waals surface area contributed by atoms with Gasteiger partial charge in [-0.15, -0.1) is 0 Å². The van der Waals surface area contributed by atoms with E-state index >= 15 is 0 Å². The van der Waals surface area contributed by atoms with Crippen LogP contribution in [-0.2, 0) is 11.3 Å². The predicted molar refractivity (Wildman–Crippen MR) is 94.3 cm³/mol. The highest BCUT2D eigenvalue weighted by atomic mass is 32.1. The molecular weight excluding hydrogens is 340 g/mol. The number of amides is 2. The number of nitrogens with one attached hydrogen (secondary N) is 2. The van der Waals surface area contributed by atoms with Gasteiger partial charge in [0.25, 0.3) is 5.91 Å². The Hall–Kier alpha value is -3.00. The molecule has 3 aromatic heterocycles. The average Bonchev–Trinajstić information content (AvgIpc) is 3.19. The minimum absolute atomic E-state index is 0.253. The van der Waals surface area contributed by atoms with Crippen molar-refractivity contribution >= 4 is 29.0 Å². The zero-order valence-electron chi connectivity index (χ0n) is 13.7. The number of aryl methyl sites for hydroxylation is 1. The summed E-state index contributed by atoms with van der Waals surface area (Å²) in [7, 11) is 0. The summed E-state index contributed by atoms with van der Waals surface area (Å²) in [6, 6.07) is 9.01. The molecule has 0 fully saturated rings. The van der Waals surface area contributed by atoms with Crippen molar-refractivity contribution < 1.29 is 14.0 Å². The molecule has 2 amide bonds. The zero-order chi connectivity index (χ0) is 17.8. The van der Waals surface area contributed by atoms with E-state index in [2.05, 4.69) is 20.0 Å². The van der Waals surface area contributed by atoms with Crippen LogP contribution < -0.4 is 10.6 Å². The van der Waals surface area contributed by atoms with Crippen LogP contribution in [0.2, 0.25) is 0 Å². The maximum atomic E-state index is 12.5. The molecule has 0 aromatic carbocycles. The first-order valence-electron chi connectivity index (χ1n) is 7.57. The number of aromatic nitrogens is 2. The maximum Gasteiger partial charge on any atom is 0.265 e. The molecule has 3 aromatic rings. The van der Waals surface area contributed by atoms with Gasteiger partial charge in [-0.3, -0.25) is 14.6 Å². The summed E-state index contributed by atoms with van der Waals surface area (Å²) >= 11 is 1.01. The second kappa shape index (κ2) is 7.27. The lowest BCUT2D eigenvalue weighted by Gasteiger charge is -2.07. The number of rotatable bonds is 5. The first-order valence-corrected chi connectivity index (χ1v) is 8.34. The summed E-state index contributed by atoms with van der Waals surface area (Å²) < 4.78 is 9.73. The zero-order valence-corrected chi connectivity index (χ0v) is 14.5. The fourth-order valence-electron chi connectivity index (χ4n) is 2.24. The summed E-state index contributed by atoms with van der Waals surface area (Å²) in [5, 5.41) is 5.46. The molecule has 128 valence electrons. The molecule has 0 radical (unpaired) electrons. The van der Waals surface area contributed by atoms with E-state index in [1.54, 1.807) is 24.4 Å². The van der Waals surface area contributed by atoms with E-state index in [0.717, 1.165) is 17.3 Å². The van der Waals surface area contributed by atoms with Crippen molar-refractivity contribution in [3.63, 3.8) is 0 Å². The highest BCUT2D eigenvalue weighted by Crippen LogP contribution is 2.32. The van der Waals surface area contributed by atoms with Crippen molar-refractivity contribution in [2.24, 2.45) is 0 Å². The Kier molecular flexibility index (Phi) is 4.90. The monoisotopic (exact) mass is 356 g/mol. The summed E-state index contributed by atoms with van der Waals surface area (Å²) in [6.07, 6.45) is 1.63. The van der Waals surface area contributed by atoms with Crippen LogP contribution >= 0.6 is 11.5 Å². The molecule has 7 nitrogen and oxygen atoms in total. The molecule has 0 aliphatic heterocycles. The van der Waals surface area contributed by atoms with Crippen molar-refractivity contribution in [3.8, 4) is 11.4 Å². The van der Waals surface area contributed by atoms with Gasteiger partial charge in [0.05, 0.1) is 17.9 Å². The van der Waals surface area contributed by atoms with Gasteiger partial charge in [0.2, 0.25) is 5.91 Å². The maximum absolute atomic E-state index is 12.5. The van der Waals surface area contributed by atoms with E-state index < -0.39 is 0 Å². The molecule has 25 heavy (non-hydrogen) atoms. The van der Waals surface area contributed by atoms with Gasteiger partial charge in [-0.2, -0.15) is 4.37 Å². The van der Waals surface area contributed by atoms with Crippen LogP contribution in [0.3, 0.4) is 0 Å². The Balaban J connectivity index is 1.86. The molecule has 0 saturated heterocycles. The number of pyridine rings is 1. The minimum Gasteiger partial charge on any atom is -0.465 e. The molecule has 3 rings (SSSR count). The van der Waals surface area contributed by atoms with Crippen molar-refractivity contribution in [1.29, 1.82) is 0 Å². The smallest absolute Gasteiger partial charge is 0.265 e. The molecule has 3 heterocycles. The van der Waals surface area contributed by atoms with Crippen molar-refractivity contribution in [2.75, 3.05) is 5.32 Å². The standard InChI is InChI=1S/C17H16N4O3S/c1-10-6-7-12(24-10)9-19-17(23)16-15(20-11(2)22)14(21-25-16)13-5-3-4-8-18-13/h3-8H,9H2,1-2H3,(H,19,23)(H,20,22). The molecule has 0 aliphatic carbocycles. The Bertz CT molecular complexity index is 902. The van der Waals surface area contributed by atoms with Crippen LogP contribution in [0, 0.1) is 6.92 Å². The highest BCUT2D eigenvalue weighted by Gasteiger charge is 2.22. The third-order valence-electron chi connectivity index (χ3n) is 3.33. The number of hydrogen-bond acceptors (Lipinski definition) is 6. The molecule has 0 unspecified atom stereocenters. The molecule has 0 aliphatic rings. The summed E-state index contributed by atoms with van der Waals surface area (Å²) in [4.78, 5) is 28.6. The lowest BCUT2D eigenvalue weighted by molar-refractivity contribution is -0.114. The van der Waals surface area contributed by atoms with Gasteiger partial charge >= 0.3 is 0 Å².